The average Bonchev–Trinajstić information content (AvgIpc) is 2.68. The molecule has 0 aliphatic carbocycles. The molecule has 0 bridgehead atoms. The lowest BCUT2D eigenvalue weighted by molar-refractivity contribution is 0.506. The third-order valence-corrected chi connectivity index (χ3v) is 5.73. The summed E-state index contributed by atoms with van der Waals surface area (Å²) in [5, 5.41) is 0. The van der Waals surface area contributed by atoms with E-state index in [0.717, 1.165) is 0 Å². The molecule has 0 spiro atoms. The molecule has 1 aromatic carbocycles. The first-order valence-corrected chi connectivity index (χ1v) is 8.72. The van der Waals surface area contributed by atoms with Crippen molar-refractivity contribution in [1.29, 1.82) is 0 Å². The second-order valence-corrected chi connectivity index (χ2v) is 8.07. The fraction of sp³-hybridized carbons (Fsp3) is 0.400. The van der Waals surface area contributed by atoms with Gasteiger partial charge in [0.15, 0.2) is 9.84 Å². The molecular weight excluding hydrogens is 276 g/mol. The van der Waals surface area contributed by atoms with Gasteiger partial charge in [-0.2, -0.15) is 0 Å². The van der Waals surface area contributed by atoms with Gasteiger partial charge in [-0.3, -0.25) is 0 Å². The monoisotopic (exact) mass is 290 g/mol. The average molecular weight is 290 g/mol. The number of benzene rings is 1. The number of hydrogen-bond acceptors (Lipinski definition) is 5. The zero-order valence-electron chi connectivity index (χ0n) is 9.53. The predicted octanol–water partition coefficient (Wildman–Crippen LogP) is -0.343. The molecule has 1 atom stereocenters. The summed E-state index contributed by atoms with van der Waals surface area (Å²) in [5.74, 6) is 0.0576. The number of rotatable bonds is 4. The van der Waals surface area contributed by atoms with Crippen molar-refractivity contribution < 1.29 is 16.8 Å². The molecule has 2 N–H and O–H groups in total. The summed E-state index contributed by atoms with van der Waals surface area (Å²) < 4.78 is 46.1. The molecule has 0 radical (unpaired) electrons. The lowest BCUT2D eigenvalue weighted by Crippen LogP contribution is -2.44. The van der Waals surface area contributed by atoms with E-state index in [0.29, 0.717) is 6.42 Å². The molecule has 1 heterocycles. The molecule has 1 saturated heterocycles. The van der Waals surface area contributed by atoms with E-state index in [9.17, 15) is 16.8 Å². The zero-order chi connectivity index (χ0) is 13.2. The Labute approximate surface area is 106 Å². The first-order chi connectivity index (χ1) is 8.39. The van der Waals surface area contributed by atoms with Gasteiger partial charge in [-0.15, -0.1) is 4.83 Å². The Morgan fingerprint density at radius 1 is 1.17 bits per heavy atom. The van der Waals surface area contributed by atoms with Gasteiger partial charge in [-0.1, -0.05) is 18.2 Å². The van der Waals surface area contributed by atoms with Crippen LogP contribution in [0.4, 0.5) is 0 Å². The summed E-state index contributed by atoms with van der Waals surface area (Å²) in [7, 11) is -6.67. The van der Waals surface area contributed by atoms with Gasteiger partial charge in [0, 0.05) is 6.04 Å². The Morgan fingerprint density at radius 3 is 2.39 bits per heavy atom. The first-order valence-electron chi connectivity index (χ1n) is 5.42. The maximum atomic E-state index is 11.8. The Morgan fingerprint density at radius 2 is 1.83 bits per heavy atom. The van der Waals surface area contributed by atoms with Crippen molar-refractivity contribution in [2.24, 2.45) is 0 Å². The number of hydrazine groups is 1. The van der Waals surface area contributed by atoms with Crippen LogP contribution >= 0.6 is 0 Å². The normalized spacial score (nSPS) is 23.0. The first kappa shape index (κ1) is 13.5. The molecule has 1 aliphatic rings. The van der Waals surface area contributed by atoms with Gasteiger partial charge in [-0.05, 0) is 18.6 Å². The van der Waals surface area contributed by atoms with Crippen molar-refractivity contribution >= 4 is 19.9 Å². The van der Waals surface area contributed by atoms with Crippen LogP contribution in [0.2, 0.25) is 0 Å². The topological polar surface area (TPSA) is 92.3 Å². The summed E-state index contributed by atoms with van der Waals surface area (Å²) in [6.07, 6.45) is 0.416. The van der Waals surface area contributed by atoms with Crippen molar-refractivity contribution in [3.05, 3.63) is 30.3 Å². The van der Waals surface area contributed by atoms with E-state index in [4.69, 9.17) is 0 Å². The number of sulfone groups is 1. The van der Waals surface area contributed by atoms with Gasteiger partial charge >= 0.3 is 0 Å². The minimum atomic E-state index is -3.64. The minimum Gasteiger partial charge on any atom is -0.240 e. The second-order valence-electron chi connectivity index (χ2n) is 4.16. The van der Waals surface area contributed by atoms with E-state index in [2.05, 4.69) is 10.3 Å². The molecule has 0 aromatic heterocycles. The van der Waals surface area contributed by atoms with Crippen LogP contribution in [0.15, 0.2) is 35.2 Å². The van der Waals surface area contributed by atoms with Crippen LogP contribution in [0, 0.1) is 0 Å². The predicted molar refractivity (Wildman–Crippen MR) is 67.0 cm³/mol. The van der Waals surface area contributed by atoms with Crippen molar-refractivity contribution in [1.82, 2.24) is 10.3 Å². The van der Waals surface area contributed by atoms with E-state index in [-0.39, 0.29) is 22.4 Å². The van der Waals surface area contributed by atoms with E-state index < -0.39 is 19.9 Å². The van der Waals surface area contributed by atoms with Gasteiger partial charge < -0.3 is 0 Å². The smallest absolute Gasteiger partial charge is 0.240 e. The summed E-state index contributed by atoms with van der Waals surface area (Å²) >= 11 is 0. The fourth-order valence-electron chi connectivity index (χ4n) is 1.73. The lowest BCUT2D eigenvalue weighted by Gasteiger charge is -2.12. The van der Waals surface area contributed by atoms with Crippen LogP contribution in [0.5, 0.6) is 0 Å². The molecule has 1 fully saturated rings. The molecule has 0 amide bonds. The summed E-state index contributed by atoms with van der Waals surface area (Å²) in [5.41, 5.74) is 2.56. The Kier molecular flexibility index (Phi) is 3.71. The number of nitrogens with one attached hydrogen (secondary N) is 2. The standard InChI is InChI=1S/C10H14N2O4S2/c13-17(14)7-6-9(8-17)11-12-18(15,16)10-4-2-1-3-5-10/h1-5,9,11-12H,6-8H2/t9-/m0/s1. The molecule has 8 heteroatoms. The summed E-state index contributed by atoms with van der Waals surface area (Å²) in [6.45, 7) is 0. The highest BCUT2D eigenvalue weighted by Crippen LogP contribution is 2.11. The zero-order valence-corrected chi connectivity index (χ0v) is 11.2. The molecule has 2 rings (SSSR count). The Hall–Kier alpha value is -0.960. The summed E-state index contributed by atoms with van der Waals surface area (Å²) in [6, 6.07) is 7.53. The van der Waals surface area contributed by atoms with Gasteiger partial charge in [0.2, 0.25) is 0 Å². The van der Waals surface area contributed by atoms with Crippen LogP contribution in [0.1, 0.15) is 6.42 Å². The molecule has 1 aromatic rings. The van der Waals surface area contributed by atoms with Crippen LogP contribution in [0.3, 0.4) is 0 Å². The van der Waals surface area contributed by atoms with Crippen LogP contribution in [0.25, 0.3) is 0 Å². The highest BCUT2D eigenvalue weighted by molar-refractivity contribution is 7.91. The van der Waals surface area contributed by atoms with Crippen molar-refractivity contribution in [3.63, 3.8) is 0 Å². The number of sulfonamides is 1. The fourth-order valence-corrected chi connectivity index (χ4v) is 4.36. The molecule has 0 saturated carbocycles. The molecule has 6 nitrogen and oxygen atoms in total. The van der Waals surface area contributed by atoms with Crippen LogP contribution in [-0.2, 0) is 19.9 Å². The van der Waals surface area contributed by atoms with Crippen LogP contribution < -0.4 is 10.3 Å². The number of hydrogen-bond donors (Lipinski definition) is 2. The molecule has 0 unspecified atom stereocenters. The quantitative estimate of drug-likeness (QED) is 0.740. The maximum Gasteiger partial charge on any atom is 0.253 e. The van der Waals surface area contributed by atoms with Crippen molar-refractivity contribution in [2.45, 2.75) is 17.4 Å². The van der Waals surface area contributed by atoms with Gasteiger partial charge in [0.25, 0.3) is 10.0 Å². The molecule has 1 aliphatic heterocycles. The van der Waals surface area contributed by atoms with E-state index >= 15 is 0 Å². The lowest BCUT2D eigenvalue weighted by atomic mass is 10.3. The summed E-state index contributed by atoms with van der Waals surface area (Å²) in [4.78, 5) is 2.35. The second kappa shape index (κ2) is 4.96. The molecule has 100 valence electrons. The maximum absolute atomic E-state index is 11.8. The minimum absolute atomic E-state index is 0.0374. The van der Waals surface area contributed by atoms with Crippen LogP contribution in [-0.4, -0.2) is 34.4 Å². The van der Waals surface area contributed by atoms with E-state index in [1.54, 1.807) is 18.2 Å². The molecular formula is C10H14N2O4S2. The Balaban J connectivity index is 1.99. The van der Waals surface area contributed by atoms with Gasteiger partial charge in [-0.25, -0.2) is 22.3 Å². The highest BCUT2D eigenvalue weighted by atomic mass is 32.2. The Bertz CT molecular complexity index is 611. The van der Waals surface area contributed by atoms with Gasteiger partial charge in [0.1, 0.15) is 0 Å². The SMILES string of the molecule is O=S1(=O)CC[C@H](NNS(=O)(=O)c2ccccc2)C1. The third-order valence-electron chi connectivity index (χ3n) is 2.68. The van der Waals surface area contributed by atoms with Crippen molar-refractivity contribution in [2.75, 3.05) is 11.5 Å². The highest BCUT2D eigenvalue weighted by Gasteiger charge is 2.28. The van der Waals surface area contributed by atoms with E-state index in [1.807, 2.05) is 0 Å². The van der Waals surface area contributed by atoms with Crippen molar-refractivity contribution in [3.8, 4) is 0 Å². The molecule has 18 heavy (non-hydrogen) atoms. The van der Waals surface area contributed by atoms with Gasteiger partial charge in [0.05, 0.1) is 16.4 Å². The largest absolute Gasteiger partial charge is 0.253 e. The third kappa shape index (κ3) is 3.29. The van der Waals surface area contributed by atoms with E-state index in [1.165, 1.54) is 12.1 Å².